The Bertz CT molecular complexity index is 350. The van der Waals surface area contributed by atoms with Crippen molar-refractivity contribution < 1.29 is 4.74 Å². The van der Waals surface area contributed by atoms with Crippen molar-refractivity contribution in [2.45, 2.75) is 26.7 Å². The van der Waals surface area contributed by atoms with Gasteiger partial charge in [0, 0.05) is 6.42 Å². The minimum absolute atomic E-state index is 0.498. The third-order valence-corrected chi connectivity index (χ3v) is 2.06. The van der Waals surface area contributed by atoms with Gasteiger partial charge in [0.2, 0.25) is 5.88 Å². The van der Waals surface area contributed by atoms with Crippen molar-refractivity contribution in [2.75, 3.05) is 12.3 Å². The zero-order chi connectivity index (χ0) is 11.3. The number of rotatable bonds is 5. The fourth-order valence-corrected chi connectivity index (χ4v) is 1.19. The molecule has 15 heavy (non-hydrogen) atoms. The molecule has 82 valence electrons. The highest BCUT2D eigenvalue weighted by molar-refractivity contribution is 5.44. The largest absolute Gasteiger partial charge is 0.477 e. The first kappa shape index (κ1) is 11.5. The lowest BCUT2D eigenvalue weighted by atomic mass is 10.2. The summed E-state index contributed by atoms with van der Waals surface area (Å²) in [4.78, 5) is 7.99. The summed E-state index contributed by atoms with van der Waals surface area (Å²) in [6.45, 7) is 8.36. The van der Waals surface area contributed by atoms with E-state index in [1.54, 1.807) is 0 Å². The number of hydrogen-bond donors (Lipinski definition) is 1. The second-order valence-electron chi connectivity index (χ2n) is 3.45. The van der Waals surface area contributed by atoms with E-state index >= 15 is 0 Å². The van der Waals surface area contributed by atoms with Crippen LogP contribution < -0.4 is 10.5 Å². The average Bonchev–Trinajstić information content (AvgIpc) is 2.17. The number of anilines is 1. The molecule has 0 saturated carbocycles. The molecule has 0 saturated heterocycles. The van der Waals surface area contributed by atoms with Crippen LogP contribution in [0.25, 0.3) is 0 Å². The molecule has 0 amide bonds. The van der Waals surface area contributed by atoms with E-state index in [4.69, 9.17) is 10.5 Å². The lowest BCUT2D eigenvalue weighted by molar-refractivity contribution is 0.305. The van der Waals surface area contributed by atoms with Gasteiger partial charge in [0.1, 0.15) is 12.1 Å². The summed E-state index contributed by atoms with van der Waals surface area (Å²) in [5, 5.41) is 0. The highest BCUT2D eigenvalue weighted by atomic mass is 16.5. The van der Waals surface area contributed by atoms with E-state index in [-0.39, 0.29) is 0 Å². The number of nitrogens with two attached hydrogens (primary N) is 1. The number of hydrogen-bond acceptors (Lipinski definition) is 4. The van der Waals surface area contributed by atoms with E-state index in [2.05, 4.69) is 16.5 Å². The van der Waals surface area contributed by atoms with Gasteiger partial charge < -0.3 is 10.5 Å². The minimum Gasteiger partial charge on any atom is -0.477 e. The first-order valence-electron chi connectivity index (χ1n) is 5.01. The lowest BCUT2D eigenvalue weighted by Crippen LogP contribution is -2.06. The van der Waals surface area contributed by atoms with Crippen LogP contribution in [0.3, 0.4) is 0 Å². The fourth-order valence-electron chi connectivity index (χ4n) is 1.19. The Balaban J connectivity index is 2.67. The van der Waals surface area contributed by atoms with Gasteiger partial charge in [0.15, 0.2) is 0 Å². The minimum atomic E-state index is 0.498. The van der Waals surface area contributed by atoms with Gasteiger partial charge in [-0.1, -0.05) is 12.5 Å². The number of aromatic nitrogens is 2. The van der Waals surface area contributed by atoms with Gasteiger partial charge in [-0.05, 0) is 13.3 Å². The molecule has 0 bridgehead atoms. The van der Waals surface area contributed by atoms with Crippen molar-refractivity contribution in [3.8, 4) is 5.88 Å². The van der Waals surface area contributed by atoms with Gasteiger partial charge >= 0.3 is 0 Å². The van der Waals surface area contributed by atoms with Crippen molar-refractivity contribution in [3.05, 3.63) is 24.0 Å². The molecule has 2 N–H and O–H groups in total. The molecule has 0 atom stereocenters. The zero-order valence-corrected chi connectivity index (χ0v) is 9.29. The summed E-state index contributed by atoms with van der Waals surface area (Å²) in [6.07, 6.45) is 3.02. The molecule has 0 unspecified atom stereocenters. The third-order valence-electron chi connectivity index (χ3n) is 2.06. The van der Waals surface area contributed by atoms with E-state index in [0.29, 0.717) is 18.3 Å². The van der Waals surface area contributed by atoms with Crippen LogP contribution in [0.2, 0.25) is 0 Å². The molecule has 0 aliphatic rings. The summed E-state index contributed by atoms with van der Waals surface area (Å²) in [7, 11) is 0. The molecule has 0 fully saturated rings. The maximum absolute atomic E-state index is 5.71. The summed E-state index contributed by atoms with van der Waals surface area (Å²) < 4.78 is 5.53. The van der Waals surface area contributed by atoms with Crippen molar-refractivity contribution >= 4 is 5.82 Å². The summed E-state index contributed by atoms with van der Waals surface area (Å²) in [5.74, 6) is 1.09. The normalized spacial score (nSPS) is 10.0. The lowest BCUT2D eigenvalue weighted by Gasteiger charge is -2.09. The summed E-state index contributed by atoms with van der Waals surface area (Å²) >= 11 is 0. The van der Waals surface area contributed by atoms with Gasteiger partial charge in [-0.3, -0.25) is 0 Å². The molecule has 0 aliphatic heterocycles. The summed E-state index contributed by atoms with van der Waals surface area (Å²) in [5.41, 5.74) is 7.68. The molecule has 0 radical (unpaired) electrons. The monoisotopic (exact) mass is 207 g/mol. The topological polar surface area (TPSA) is 61.0 Å². The molecule has 0 aromatic carbocycles. The first-order chi connectivity index (χ1) is 7.15. The highest BCUT2D eigenvalue weighted by Crippen LogP contribution is 2.20. The van der Waals surface area contributed by atoms with Crippen LogP contribution in [0.5, 0.6) is 5.88 Å². The molecule has 0 spiro atoms. The standard InChI is InChI=1S/C11H17N3O/c1-4-9-10(12)13-7-14-11(9)15-6-5-8(2)3/h7H,2,4-6H2,1,3H3,(H2,12,13,14). The van der Waals surface area contributed by atoms with E-state index in [1.165, 1.54) is 6.33 Å². The Kier molecular flexibility index (Phi) is 4.09. The predicted octanol–water partition coefficient (Wildman–Crippen LogP) is 1.97. The second kappa shape index (κ2) is 5.34. The van der Waals surface area contributed by atoms with Crippen molar-refractivity contribution in [1.82, 2.24) is 9.97 Å². The maximum Gasteiger partial charge on any atom is 0.221 e. The second-order valence-corrected chi connectivity index (χ2v) is 3.45. The van der Waals surface area contributed by atoms with Gasteiger partial charge in [0.25, 0.3) is 0 Å². The van der Waals surface area contributed by atoms with E-state index in [0.717, 1.165) is 24.0 Å². The molecular formula is C11H17N3O. The number of nitrogens with zero attached hydrogens (tertiary/aromatic N) is 2. The number of nitrogen functional groups attached to an aromatic ring is 1. The van der Waals surface area contributed by atoms with Gasteiger partial charge in [-0.15, -0.1) is 6.58 Å². The van der Waals surface area contributed by atoms with Crippen LogP contribution in [0, 0.1) is 0 Å². The quantitative estimate of drug-likeness (QED) is 0.750. The van der Waals surface area contributed by atoms with Gasteiger partial charge in [-0.25, -0.2) is 9.97 Å². The molecule has 1 aromatic rings. The number of ether oxygens (including phenoxy) is 1. The van der Waals surface area contributed by atoms with Crippen LogP contribution in [0.4, 0.5) is 5.82 Å². The first-order valence-corrected chi connectivity index (χ1v) is 5.01. The third kappa shape index (κ3) is 3.23. The Morgan fingerprint density at radius 2 is 2.27 bits per heavy atom. The fraction of sp³-hybridized carbons (Fsp3) is 0.455. The molecule has 4 heteroatoms. The predicted molar refractivity (Wildman–Crippen MR) is 60.7 cm³/mol. The highest BCUT2D eigenvalue weighted by Gasteiger charge is 2.07. The van der Waals surface area contributed by atoms with E-state index < -0.39 is 0 Å². The van der Waals surface area contributed by atoms with Crippen LogP contribution in [-0.4, -0.2) is 16.6 Å². The Morgan fingerprint density at radius 3 is 2.87 bits per heavy atom. The molecule has 4 nitrogen and oxygen atoms in total. The molecular weight excluding hydrogens is 190 g/mol. The van der Waals surface area contributed by atoms with Crippen molar-refractivity contribution in [3.63, 3.8) is 0 Å². The Hall–Kier alpha value is -1.58. The SMILES string of the molecule is C=C(C)CCOc1ncnc(N)c1CC. The molecule has 0 aliphatic carbocycles. The Labute approximate surface area is 90.2 Å². The van der Waals surface area contributed by atoms with E-state index in [1.807, 2.05) is 13.8 Å². The smallest absolute Gasteiger partial charge is 0.221 e. The summed E-state index contributed by atoms with van der Waals surface area (Å²) in [6, 6.07) is 0. The van der Waals surface area contributed by atoms with Crippen LogP contribution >= 0.6 is 0 Å². The average molecular weight is 207 g/mol. The zero-order valence-electron chi connectivity index (χ0n) is 9.29. The van der Waals surface area contributed by atoms with Crippen molar-refractivity contribution in [1.29, 1.82) is 0 Å². The Morgan fingerprint density at radius 1 is 1.53 bits per heavy atom. The maximum atomic E-state index is 5.71. The molecule has 1 heterocycles. The molecule has 1 rings (SSSR count). The van der Waals surface area contributed by atoms with Crippen LogP contribution in [-0.2, 0) is 6.42 Å². The van der Waals surface area contributed by atoms with E-state index in [9.17, 15) is 0 Å². The molecule has 1 aromatic heterocycles. The van der Waals surface area contributed by atoms with Crippen LogP contribution in [0.15, 0.2) is 18.5 Å². The van der Waals surface area contributed by atoms with Gasteiger partial charge in [-0.2, -0.15) is 0 Å². The van der Waals surface area contributed by atoms with Crippen LogP contribution in [0.1, 0.15) is 25.8 Å². The van der Waals surface area contributed by atoms with Gasteiger partial charge in [0.05, 0.1) is 12.2 Å². The van der Waals surface area contributed by atoms with Crippen molar-refractivity contribution in [2.24, 2.45) is 0 Å².